The second-order valence-electron chi connectivity index (χ2n) is 11.3. The molecule has 2 rings (SSSR count). The molecule has 0 saturated carbocycles. The summed E-state index contributed by atoms with van der Waals surface area (Å²) in [6.45, 7) is 13.9. The first-order valence-corrected chi connectivity index (χ1v) is 15.7. The summed E-state index contributed by atoms with van der Waals surface area (Å²) in [5.41, 5.74) is -6.37. The molecule has 0 spiro atoms. The summed E-state index contributed by atoms with van der Waals surface area (Å²) >= 11 is 0. The Morgan fingerprint density at radius 1 is 0.975 bits per heavy atom. The van der Waals surface area contributed by atoms with Crippen LogP contribution in [0.5, 0.6) is 5.75 Å². The van der Waals surface area contributed by atoms with Gasteiger partial charge in [-0.25, -0.2) is 4.79 Å². The molecule has 8 nitrogen and oxygen atoms in total. The van der Waals surface area contributed by atoms with Crippen LogP contribution >= 0.6 is 0 Å². The molecule has 1 radical (unpaired) electrons. The average Bonchev–Trinajstić information content (AvgIpc) is 2.83. The third-order valence-electron chi connectivity index (χ3n) is 6.03. The number of alkyl halides is 3. The molecule has 2 aromatic rings. The average molecular weight is 603 g/mol. The zero-order valence-electron chi connectivity index (χ0n) is 23.5. The number of nitrogens with one attached hydrogen (secondary N) is 1. The van der Waals surface area contributed by atoms with Crippen LogP contribution in [0.4, 0.5) is 13.2 Å². The van der Waals surface area contributed by atoms with Gasteiger partial charge in [0.15, 0.2) is 5.75 Å². The van der Waals surface area contributed by atoms with Gasteiger partial charge >= 0.3 is 21.6 Å². The molecule has 0 aliphatic heterocycles. The molecule has 0 aromatic heterocycles. The SMILES string of the molecule is C[Si](OC[C@H](NC(=O)c1ccc(OS(=O)(=O)C(F)(F)F)c(C(=O)OCc2ccccc2)c1)C(C)(C)C)C(C)(C)C. The van der Waals surface area contributed by atoms with E-state index in [-0.39, 0.29) is 23.8 Å². The van der Waals surface area contributed by atoms with Crippen molar-refractivity contribution in [2.45, 2.75) is 71.3 Å². The maximum Gasteiger partial charge on any atom is 0.534 e. The number of hydrogen-bond donors (Lipinski definition) is 1. The summed E-state index contributed by atoms with van der Waals surface area (Å²) in [4.78, 5) is 26.1. The first-order chi connectivity index (χ1) is 18.2. The van der Waals surface area contributed by atoms with E-state index in [9.17, 15) is 31.2 Å². The lowest BCUT2D eigenvalue weighted by atomic mass is 9.87. The summed E-state index contributed by atoms with van der Waals surface area (Å²) in [7, 11) is -7.31. The van der Waals surface area contributed by atoms with Crippen molar-refractivity contribution in [3.8, 4) is 5.75 Å². The summed E-state index contributed by atoms with van der Waals surface area (Å²) < 4.78 is 77.8. The smallest absolute Gasteiger partial charge is 0.457 e. The zero-order valence-corrected chi connectivity index (χ0v) is 25.3. The van der Waals surface area contributed by atoms with Gasteiger partial charge in [-0.15, -0.1) is 0 Å². The van der Waals surface area contributed by atoms with Crippen LogP contribution in [0.25, 0.3) is 0 Å². The highest BCUT2D eigenvalue weighted by Crippen LogP contribution is 2.31. The van der Waals surface area contributed by atoms with E-state index >= 15 is 0 Å². The largest absolute Gasteiger partial charge is 0.534 e. The number of ether oxygens (including phenoxy) is 1. The lowest BCUT2D eigenvalue weighted by molar-refractivity contribution is -0.0500. The molecule has 1 atom stereocenters. The lowest BCUT2D eigenvalue weighted by Gasteiger charge is -2.34. The van der Waals surface area contributed by atoms with Gasteiger partial charge in [-0.05, 0) is 40.8 Å². The van der Waals surface area contributed by atoms with E-state index in [1.807, 2.05) is 27.3 Å². The van der Waals surface area contributed by atoms with Crippen LogP contribution in [0.3, 0.4) is 0 Å². The van der Waals surface area contributed by atoms with E-state index < -0.39 is 59.3 Å². The molecule has 1 amide bonds. The third kappa shape index (κ3) is 9.34. The number of esters is 1. The predicted octanol–water partition coefficient (Wildman–Crippen LogP) is 5.85. The minimum atomic E-state index is -6.10. The molecule has 0 heterocycles. The molecule has 13 heteroatoms. The van der Waals surface area contributed by atoms with Crippen molar-refractivity contribution in [2.75, 3.05) is 6.61 Å². The molecule has 221 valence electrons. The van der Waals surface area contributed by atoms with Crippen molar-refractivity contribution in [3.63, 3.8) is 0 Å². The van der Waals surface area contributed by atoms with E-state index in [1.165, 1.54) is 0 Å². The molecular formula is C27H35F3NO7SSi. The van der Waals surface area contributed by atoms with Gasteiger partial charge in [0, 0.05) is 5.56 Å². The zero-order chi connectivity index (χ0) is 30.5. The van der Waals surface area contributed by atoms with E-state index in [2.05, 4.69) is 30.3 Å². The molecule has 1 N–H and O–H groups in total. The minimum Gasteiger partial charge on any atom is -0.457 e. The topological polar surface area (TPSA) is 108 Å². The van der Waals surface area contributed by atoms with Crippen LogP contribution in [0.1, 0.15) is 67.8 Å². The maximum absolute atomic E-state index is 13.2. The first kappa shape index (κ1) is 33.3. The van der Waals surface area contributed by atoms with Gasteiger partial charge in [0.2, 0.25) is 9.04 Å². The van der Waals surface area contributed by atoms with Crippen LogP contribution in [0.2, 0.25) is 11.6 Å². The Hall–Kier alpha value is -2.90. The summed E-state index contributed by atoms with van der Waals surface area (Å²) in [5.74, 6) is -2.75. The standard InChI is InChI=1S/C27H35F3NO7SSi/c1-25(2,3)22(17-37-40(7)26(4,5)6)31-23(32)19-13-14-21(38-39(34,35)27(28,29)30)20(15-19)24(33)36-16-18-11-9-8-10-12-18/h8-15,22H,16-17H2,1-7H3,(H,31,32)/t22-/m0/s1. The molecule has 0 aliphatic rings. The summed E-state index contributed by atoms with van der Waals surface area (Å²) in [5, 5.41) is 2.81. The Bertz CT molecular complexity index is 1290. The quantitative estimate of drug-likeness (QED) is 0.157. The second-order valence-corrected chi connectivity index (χ2v) is 15.7. The fourth-order valence-corrected chi connectivity index (χ4v) is 4.37. The van der Waals surface area contributed by atoms with Crippen LogP contribution in [-0.4, -0.2) is 47.5 Å². The highest BCUT2D eigenvalue weighted by atomic mass is 32.2. The second kappa shape index (κ2) is 12.7. The van der Waals surface area contributed by atoms with Crippen molar-refractivity contribution < 1.29 is 44.5 Å². The Morgan fingerprint density at radius 2 is 1.57 bits per heavy atom. The number of halogens is 3. The van der Waals surface area contributed by atoms with E-state index in [4.69, 9.17) is 9.16 Å². The van der Waals surface area contributed by atoms with E-state index in [0.717, 1.165) is 18.2 Å². The van der Waals surface area contributed by atoms with Crippen molar-refractivity contribution in [1.82, 2.24) is 5.32 Å². The first-order valence-electron chi connectivity index (χ1n) is 12.4. The van der Waals surface area contributed by atoms with Gasteiger partial charge in [0.25, 0.3) is 5.91 Å². The van der Waals surface area contributed by atoms with Crippen molar-refractivity contribution in [1.29, 1.82) is 0 Å². The van der Waals surface area contributed by atoms with Gasteiger partial charge in [-0.2, -0.15) is 21.6 Å². The lowest BCUT2D eigenvalue weighted by Crippen LogP contribution is -2.48. The highest BCUT2D eigenvalue weighted by Gasteiger charge is 2.49. The molecule has 0 bridgehead atoms. The number of benzene rings is 2. The van der Waals surface area contributed by atoms with Crippen molar-refractivity contribution in [2.24, 2.45) is 5.41 Å². The van der Waals surface area contributed by atoms with Crippen LogP contribution in [0.15, 0.2) is 48.5 Å². The normalized spacial score (nSPS) is 13.6. The Labute approximate surface area is 235 Å². The van der Waals surface area contributed by atoms with Gasteiger partial charge in [0.05, 0.1) is 12.6 Å². The predicted molar refractivity (Wildman–Crippen MR) is 146 cm³/mol. The Morgan fingerprint density at radius 3 is 2.10 bits per heavy atom. The number of carbonyl (C=O) groups is 2. The van der Waals surface area contributed by atoms with Gasteiger partial charge in [-0.3, -0.25) is 4.79 Å². The van der Waals surface area contributed by atoms with Gasteiger partial charge in [0.1, 0.15) is 12.2 Å². The monoisotopic (exact) mass is 602 g/mol. The minimum absolute atomic E-state index is 0.0430. The molecular weight excluding hydrogens is 567 g/mol. The van der Waals surface area contributed by atoms with Gasteiger partial charge < -0.3 is 18.7 Å². The molecule has 0 aliphatic carbocycles. The number of amides is 1. The van der Waals surface area contributed by atoms with Crippen LogP contribution < -0.4 is 9.50 Å². The van der Waals surface area contributed by atoms with Crippen LogP contribution in [-0.2, 0) is 25.9 Å². The fraction of sp³-hybridized carbons (Fsp3) is 0.481. The molecule has 2 aromatic carbocycles. The third-order valence-corrected chi connectivity index (χ3v) is 9.71. The van der Waals surface area contributed by atoms with Crippen LogP contribution in [0, 0.1) is 5.41 Å². The molecule has 0 fully saturated rings. The molecule has 0 unspecified atom stereocenters. The summed E-state index contributed by atoms with van der Waals surface area (Å²) in [6, 6.07) is 10.8. The number of hydrogen-bond acceptors (Lipinski definition) is 7. The van der Waals surface area contributed by atoms with Crippen molar-refractivity contribution >= 4 is 31.0 Å². The molecule has 40 heavy (non-hydrogen) atoms. The van der Waals surface area contributed by atoms with E-state index in [1.54, 1.807) is 30.3 Å². The fourth-order valence-electron chi connectivity index (χ4n) is 3.04. The highest BCUT2D eigenvalue weighted by molar-refractivity contribution is 7.88. The number of rotatable bonds is 10. The van der Waals surface area contributed by atoms with Crippen molar-refractivity contribution in [3.05, 3.63) is 65.2 Å². The molecule has 0 saturated heterocycles. The maximum atomic E-state index is 13.2. The Kier molecular flexibility index (Phi) is 10.6. The Balaban J connectivity index is 2.37. The number of carbonyl (C=O) groups excluding carboxylic acids is 2. The van der Waals surface area contributed by atoms with Gasteiger partial charge in [-0.1, -0.05) is 71.9 Å². The van der Waals surface area contributed by atoms with E-state index in [0.29, 0.717) is 5.56 Å². The summed E-state index contributed by atoms with van der Waals surface area (Å²) in [6.07, 6.45) is 0.